The second-order valence-corrected chi connectivity index (χ2v) is 7.07. The van der Waals surface area contributed by atoms with Gasteiger partial charge in [-0.05, 0) is 92.3 Å². The molecule has 116 valence electrons. The molecule has 1 aliphatic rings. The van der Waals surface area contributed by atoms with Crippen LogP contribution in [0.4, 0.5) is 0 Å². The van der Waals surface area contributed by atoms with Crippen molar-refractivity contribution in [2.45, 2.75) is 46.5 Å². The van der Waals surface area contributed by atoms with Gasteiger partial charge in [0.1, 0.15) is 0 Å². The normalized spacial score (nSPS) is 20.8. The summed E-state index contributed by atoms with van der Waals surface area (Å²) < 4.78 is 0. The monoisotopic (exact) mass is 293 g/mol. The molecule has 0 saturated heterocycles. The molecule has 3 rings (SSSR count). The summed E-state index contributed by atoms with van der Waals surface area (Å²) in [6.07, 6.45) is 2.25. The van der Waals surface area contributed by atoms with E-state index in [0.29, 0.717) is 11.8 Å². The third-order valence-corrected chi connectivity index (χ3v) is 5.45. The van der Waals surface area contributed by atoms with Crippen LogP contribution in [0.3, 0.4) is 0 Å². The standard InChI is InChI=1S/C21H27N/c1-13-7-16(4)20-11-19(12-22)21(10-18(20)8-13)17-6-5-14(2)15(3)9-17/h5-9,19,21H,10-12,22H2,1-4H3. The van der Waals surface area contributed by atoms with Gasteiger partial charge in [-0.1, -0.05) is 35.9 Å². The van der Waals surface area contributed by atoms with E-state index in [1.54, 1.807) is 5.56 Å². The third-order valence-electron chi connectivity index (χ3n) is 5.45. The van der Waals surface area contributed by atoms with Crippen molar-refractivity contribution in [2.75, 3.05) is 6.54 Å². The Hall–Kier alpha value is -1.60. The van der Waals surface area contributed by atoms with E-state index in [9.17, 15) is 0 Å². The maximum absolute atomic E-state index is 6.14. The second kappa shape index (κ2) is 5.89. The maximum atomic E-state index is 6.14. The van der Waals surface area contributed by atoms with Crippen LogP contribution in [0.15, 0.2) is 30.3 Å². The molecule has 0 spiro atoms. The Bertz CT molecular complexity index is 699. The first-order valence-electron chi connectivity index (χ1n) is 8.35. The number of benzene rings is 2. The highest BCUT2D eigenvalue weighted by Crippen LogP contribution is 2.38. The number of fused-ring (bicyclic) bond motifs is 1. The van der Waals surface area contributed by atoms with Crippen LogP contribution in [0.5, 0.6) is 0 Å². The van der Waals surface area contributed by atoms with Crippen molar-refractivity contribution in [3.8, 4) is 0 Å². The van der Waals surface area contributed by atoms with Crippen LogP contribution in [0, 0.1) is 33.6 Å². The number of aryl methyl sites for hydroxylation is 4. The highest BCUT2D eigenvalue weighted by Gasteiger charge is 2.29. The fourth-order valence-electron chi connectivity index (χ4n) is 4.00. The predicted octanol–water partition coefficient (Wildman–Crippen LogP) is 4.38. The highest BCUT2D eigenvalue weighted by atomic mass is 14.6. The van der Waals surface area contributed by atoms with Gasteiger partial charge >= 0.3 is 0 Å². The predicted molar refractivity (Wildman–Crippen MR) is 94.5 cm³/mol. The van der Waals surface area contributed by atoms with Gasteiger partial charge in [0.15, 0.2) is 0 Å². The van der Waals surface area contributed by atoms with Gasteiger partial charge in [0.2, 0.25) is 0 Å². The fourth-order valence-corrected chi connectivity index (χ4v) is 4.00. The summed E-state index contributed by atoms with van der Waals surface area (Å²) in [7, 11) is 0. The maximum Gasteiger partial charge on any atom is -0.00397 e. The van der Waals surface area contributed by atoms with Crippen molar-refractivity contribution in [1.29, 1.82) is 0 Å². The first-order valence-corrected chi connectivity index (χ1v) is 8.35. The zero-order chi connectivity index (χ0) is 15.9. The third kappa shape index (κ3) is 2.70. The number of rotatable bonds is 2. The molecule has 0 bridgehead atoms. The van der Waals surface area contributed by atoms with Gasteiger partial charge in [0.05, 0.1) is 0 Å². The molecule has 1 aliphatic carbocycles. The molecule has 0 fully saturated rings. The zero-order valence-electron chi connectivity index (χ0n) is 14.2. The van der Waals surface area contributed by atoms with E-state index in [2.05, 4.69) is 58.0 Å². The fraction of sp³-hybridized carbons (Fsp3) is 0.429. The van der Waals surface area contributed by atoms with Gasteiger partial charge in [-0.15, -0.1) is 0 Å². The topological polar surface area (TPSA) is 26.0 Å². The summed E-state index contributed by atoms with van der Waals surface area (Å²) in [5.41, 5.74) is 16.2. The lowest BCUT2D eigenvalue weighted by molar-refractivity contribution is 0.401. The van der Waals surface area contributed by atoms with Gasteiger partial charge in [-0.2, -0.15) is 0 Å². The average molecular weight is 293 g/mol. The van der Waals surface area contributed by atoms with Crippen molar-refractivity contribution >= 4 is 0 Å². The van der Waals surface area contributed by atoms with E-state index in [1.807, 2.05) is 0 Å². The molecule has 0 radical (unpaired) electrons. The van der Waals surface area contributed by atoms with Crippen molar-refractivity contribution in [3.05, 3.63) is 69.3 Å². The lowest BCUT2D eigenvalue weighted by atomic mass is 9.71. The molecule has 2 atom stereocenters. The van der Waals surface area contributed by atoms with Gasteiger partial charge in [-0.3, -0.25) is 0 Å². The summed E-state index contributed by atoms with van der Waals surface area (Å²) in [5.74, 6) is 1.11. The summed E-state index contributed by atoms with van der Waals surface area (Å²) in [6, 6.07) is 11.6. The first-order chi connectivity index (χ1) is 10.5. The molecule has 2 N–H and O–H groups in total. The molecule has 0 aliphatic heterocycles. The van der Waals surface area contributed by atoms with Gasteiger partial charge in [-0.25, -0.2) is 0 Å². The summed E-state index contributed by atoms with van der Waals surface area (Å²) >= 11 is 0. The molecule has 0 aromatic heterocycles. The zero-order valence-corrected chi connectivity index (χ0v) is 14.2. The van der Waals surface area contributed by atoms with Crippen LogP contribution in [0.1, 0.15) is 44.9 Å². The molecule has 1 heteroatoms. The van der Waals surface area contributed by atoms with Gasteiger partial charge in [0.25, 0.3) is 0 Å². The van der Waals surface area contributed by atoms with Crippen molar-refractivity contribution in [1.82, 2.24) is 0 Å². The highest BCUT2D eigenvalue weighted by molar-refractivity contribution is 5.43. The molecule has 0 saturated carbocycles. The Morgan fingerprint density at radius 3 is 2.36 bits per heavy atom. The van der Waals surface area contributed by atoms with Gasteiger partial charge in [0, 0.05) is 0 Å². The lowest BCUT2D eigenvalue weighted by Crippen LogP contribution is -2.30. The summed E-state index contributed by atoms with van der Waals surface area (Å²) in [4.78, 5) is 0. The molecular formula is C21H27N. The SMILES string of the molecule is Cc1cc(C)c2c(c1)CC(c1ccc(C)c(C)c1)C(CN)C2. The Labute approximate surface area is 134 Å². The number of hydrogen-bond donors (Lipinski definition) is 1. The molecule has 2 aromatic rings. The van der Waals surface area contributed by atoms with Crippen LogP contribution >= 0.6 is 0 Å². The van der Waals surface area contributed by atoms with E-state index in [1.165, 1.54) is 33.4 Å². The summed E-state index contributed by atoms with van der Waals surface area (Å²) in [5, 5.41) is 0. The van der Waals surface area contributed by atoms with E-state index >= 15 is 0 Å². The minimum atomic E-state index is 0.552. The molecule has 0 heterocycles. The minimum absolute atomic E-state index is 0.552. The Balaban J connectivity index is 2.02. The second-order valence-electron chi connectivity index (χ2n) is 7.07. The van der Waals surface area contributed by atoms with Crippen LogP contribution in [0.25, 0.3) is 0 Å². The molecular weight excluding hydrogens is 266 g/mol. The lowest BCUT2D eigenvalue weighted by Gasteiger charge is -2.34. The van der Waals surface area contributed by atoms with Crippen molar-refractivity contribution < 1.29 is 0 Å². The first kappa shape index (κ1) is 15.3. The number of nitrogens with two attached hydrogens (primary N) is 1. The van der Waals surface area contributed by atoms with Crippen LogP contribution in [0.2, 0.25) is 0 Å². The largest absolute Gasteiger partial charge is 0.330 e. The van der Waals surface area contributed by atoms with Crippen LogP contribution in [-0.2, 0) is 12.8 Å². The van der Waals surface area contributed by atoms with E-state index in [-0.39, 0.29) is 0 Å². The molecule has 1 nitrogen and oxygen atoms in total. The van der Waals surface area contributed by atoms with Crippen molar-refractivity contribution in [2.24, 2.45) is 11.7 Å². The van der Waals surface area contributed by atoms with E-state index < -0.39 is 0 Å². The van der Waals surface area contributed by atoms with E-state index in [4.69, 9.17) is 5.73 Å². The molecule has 2 unspecified atom stereocenters. The molecule has 0 amide bonds. The van der Waals surface area contributed by atoms with E-state index in [0.717, 1.165) is 19.4 Å². The van der Waals surface area contributed by atoms with Crippen molar-refractivity contribution in [3.63, 3.8) is 0 Å². The number of hydrogen-bond acceptors (Lipinski definition) is 1. The Kier molecular flexibility index (Phi) is 4.10. The summed E-state index contributed by atoms with van der Waals surface area (Å²) in [6.45, 7) is 9.61. The van der Waals surface area contributed by atoms with Crippen LogP contribution in [-0.4, -0.2) is 6.54 Å². The average Bonchev–Trinajstić information content (AvgIpc) is 2.48. The molecule has 2 aromatic carbocycles. The Morgan fingerprint density at radius 1 is 0.909 bits per heavy atom. The Morgan fingerprint density at radius 2 is 1.68 bits per heavy atom. The van der Waals surface area contributed by atoms with Crippen LogP contribution < -0.4 is 5.73 Å². The van der Waals surface area contributed by atoms with Gasteiger partial charge < -0.3 is 5.73 Å². The molecule has 22 heavy (non-hydrogen) atoms. The minimum Gasteiger partial charge on any atom is -0.330 e. The quantitative estimate of drug-likeness (QED) is 0.874. The smallest absolute Gasteiger partial charge is 0.00397 e.